The minimum atomic E-state index is -4.63. The first-order valence-electron chi connectivity index (χ1n) is 7.10. The molecule has 5 heteroatoms. The SMILES string of the molecule is CCCCCC1CC1Nc1ccc(OC(F)(F)F)cc1. The molecule has 1 aromatic carbocycles. The van der Waals surface area contributed by atoms with Gasteiger partial charge in [0.2, 0.25) is 0 Å². The zero-order valence-corrected chi connectivity index (χ0v) is 11.5. The molecule has 1 aromatic rings. The fourth-order valence-electron chi connectivity index (χ4n) is 2.37. The Bertz CT molecular complexity index is 416. The Hall–Kier alpha value is -1.39. The van der Waals surface area contributed by atoms with Crippen molar-refractivity contribution in [2.75, 3.05) is 5.32 Å². The van der Waals surface area contributed by atoms with E-state index in [1.165, 1.54) is 37.8 Å². The molecule has 2 atom stereocenters. The van der Waals surface area contributed by atoms with Crippen molar-refractivity contribution in [2.45, 2.75) is 51.4 Å². The lowest BCUT2D eigenvalue weighted by Gasteiger charge is -2.10. The second-order valence-electron chi connectivity index (χ2n) is 5.31. The molecule has 1 aliphatic rings. The molecule has 2 rings (SSSR count). The van der Waals surface area contributed by atoms with Crippen LogP contribution in [0.4, 0.5) is 18.9 Å². The molecule has 2 unspecified atom stereocenters. The summed E-state index contributed by atoms with van der Waals surface area (Å²) in [7, 11) is 0. The van der Waals surface area contributed by atoms with Gasteiger partial charge in [0.1, 0.15) is 5.75 Å². The highest BCUT2D eigenvalue weighted by Crippen LogP contribution is 2.38. The first-order chi connectivity index (χ1) is 9.48. The summed E-state index contributed by atoms with van der Waals surface area (Å²) in [6.07, 6.45) is 1.52. The maximum Gasteiger partial charge on any atom is 0.573 e. The number of halogens is 3. The largest absolute Gasteiger partial charge is 0.573 e. The number of hydrogen-bond acceptors (Lipinski definition) is 2. The van der Waals surface area contributed by atoms with Gasteiger partial charge in [-0.05, 0) is 43.0 Å². The van der Waals surface area contributed by atoms with Gasteiger partial charge < -0.3 is 10.1 Å². The van der Waals surface area contributed by atoms with Gasteiger partial charge in [-0.2, -0.15) is 0 Å². The molecule has 0 spiro atoms. The summed E-state index contributed by atoms with van der Waals surface area (Å²) in [6.45, 7) is 2.19. The highest BCUT2D eigenvalue weighted by atomic mass is 19.4. The van der Waals surface area contributed by atoms with E-state index >= 15 is 0 Å². The van der Waals surface area contributed by atoms with Crippen molar-refractivity contribution in [1.82, 2.24) is 0 Å². The van der Waals surface area contributed by atoms with Crippen LogP contribution in [0.1, 0.15) is 39.0 Å². The Morgan fingerprint density at radius 3 is 2.50 bits per heavy atom. The van der Waals surface area contributed by atoms with E-state index in [9.17, 15) is 13.2 Å². The molecule has 112 valence electrons. The number of nitrogens with one attached hydrogen (secondary N) is 1. The summed E-state index contributed by atoms with van der Waals surface area (Å²) < 4.78 is 39.9. The molecule has 0 bridgehead atoms. The Labute approximate surface area is 117 Å². The number of unbranched alkanes of at least 4 members (excludes halogenated alkanes) is 2. The summed E-state index contributed by atoms with van der Waals surface area (Å²) in [6, 6.07) is 6.40. The van der Waals surface area contributed by atoms with E-state index < -0.39 is 6.36 Å². The maximum absolute atomic E-state index is 12.0. The van der Waals surface area contributed by atoms with Gasteiger partial charge in [0.05, 0.1) is 0 Å². The van der Waals surface area contributed by atoms with E-state index in [-0.39, 0.29) is 5.75 Å². The molecular weight excluding hydrogens is 267 g/mol. The lowest BCUT2D eigenvalue weighted by Crippen LogP contribution is -2.17. The Kier molecular flexibility index (Phi) is 4.78. The molecule has 0 amide bonds. The Morgan fingerprint density at radius 2 is 1.90 bits per heavy atom. The van der Waals surface area contributed by atoms with Crippen LogP contribution >= 0.6 is 0 Å². The van der Waals surface area contributed by atoms with E-state index in [1.54, 1.807) is 12.1 Å². The highest BCUT2D eigenvalue weighted by molar-refractivity contribution is 5.48. The fourth-order valence-corrected chi connectivity index (χ4v) is 2.37. The van der Waals surface area contributed by atoms with Crippen LogP contribution in [0.3, 0.4) is 0 Å². The summed E-state index contributed by atoms with van der Waals surface area (Å²) in [5, 5.41) is 3.35. The molecule has 0 aromatic heterocycles. The average Bonchev–Trinajstić information content (AvgIpc) is 3.09. The van der Waals surface area contributed by atoms with Crippen LogP contribution in [-0.4, -0.2) is 12.4 Å². The lowest BCUT2D eigenvalue weighted by molar-refractivity contribution is -0.274. The first-order valence-corrected chi connectivity index (χ1v) is 7.10. The molecule has 2 nitrogen and oxygen atoms in total. The number of hydrogen-bond donors (Lipinski definition) is 1. The molecule has 1 N–H and O–H groups in total. The first kappa shape index (κ1) is 15.0. The van der Waals surface area contributed by atoms with Gasteiger partial charge in [0, 0.05) is 11.7 Å². The fraction of sp³-hybridized carbons (Fsp3) is 0.600. The van der Waals surface area contributed by atoms with Crippen molar-refractivity contribution in [3.8, 4) is 5.75 Å². The van der Waals surface area contributed by atoms with Gasteiger partial charge in [0.15, 0.2) is 0 Å². The van der Waals surface area contributed by atoms with Gasteiger partial charge >= 0.3 is 6.36 Å². The van der Waals surface area contributed by atoms with E-state index in [0.717, 1.165) is 12.1 Å². The van der Waals surface area contributed by atoms with Gasteiger partial charge in [-0.25, -0.2) is 0 Å². The van der Waals surface area contributed by atoms with Crippen molar-refractivity contribution >= 4 is 5.69 Å². The van der Waals surface area contributed by atoms with Gasteiger partial charge in [-0.1, -0.05) is 26.2 Å². The molecule has 1 aliphatic carbocycles. The molecule has 1 saturated carbocycles. The predicted octanol–water partition coefficient (Wildman–Crippen LogP) is 4.97. The summed E-state index contributed by atoms with van der Waals surface area (Å²) in [5.74, 6) is 0.533. The molecule has 0 heterocycles. The van der Waals surface area contributed by atoms with Gasteiger partial charge in [-0.15, -0.1) is 13.2 Å². The normalized spacial score (nSPS) is 21.6. The van der Waals surface area contributed by atoms with E-state index in [1.807, 2.05) is 0 Å². The third kappa shape index (κ3) is 4.94. The van der Waals surface area contributed by atoms with Crippen LogP contribution in [-0.2, 0) is 0 Å². The second kappa shape index (κ2) is 6.37. The highest BCUT2D eigenvalue weighted by Gasteiger charge is 2.36. The number of benzene rings is 1. The van der Waals surface area contributed by atoms with Crippen LogP contribution in [0.25, 0.3) is 0 Å². The summed E-state index contributed by atoms with van der Waals surface area (Å²) >= 11 is 0. The topological polar surface area (TPSA) is 21.3 Å². The quantitative estimate of drug-likeness (QED) is 0.715. The van der Waals surface area contributed by atoms with Gasteiger partial charge in [0.25, 0.3) is 0 Å². The van der Waals surface area contributed by atoms with E-state index in [0.29, 0.717) is 12.0 Å². The Balaban J connectivity index is 1.75. The molecule has 1 fully saturated rings. The van der Waals surface area contributed by atoms with E-state index in [2.05, 4.69) is 17.0 Å². The Morgan fingerprint density at radius 1 is 1.20 bits per heavy atom. The molecule has 20 heavy (non-hydrogen) atoms. The smallest absolute Gasteiger partial charge is 0.406 e. The van der Waals surface area contributed by atoms with Crippen molar-refractivity contribution < 1.29 is 17.9 Å². The zero-order chi connectivity index (χ0) is 14.6. The number of ether oxygens (including phenoxy) is 1. The van der Waals surface area contributed by atoms with Crippen molar-refractivity contribution in [3.63, 3.8) is 0 Å². The molecule has 0 aliphatic heterocycles. The third-order valence-corrected chi connectivity index (χ3v) is 3.54. The van der Waals surface area contributed by atoms with Crippen molar-refractivity contribution in [2.24, 2.45) is 5.92 Å². The van der Waals surface area contributed by atoms with Crippen LogP contribution in [0.15, 0.2) is 24.3 Å². The monoisotopic (exact) mass is 287 g/mol. The standard InChI is InChI=1S/C15H20F3NO/c1-2-3-4-5-11-10-14(11)19-12-6-8-13(9-7-12)20-15(16,17)18/h6-9,11,14,19H,2-5,10H2,1H3. The maximum atomic E-state index is 12.0. The van der Waals surface area contributed by atoms with Crippen LogP contribution in [0, 0.1) is 5.92 Å². The zero-order valence-electron chi connectivity index (χ0n) is 11.5. The predicted molar refractivity (Wildman–Crippen MR) is 72.8 cm³/mol. The number of alkyl halides is 3. The number of rotatable bonds is 7. The third-order valence-electron chi connectivity index (χ3n) is 3.54. The van der Waals surface area contributed by atoms with E-state index in [4.69, 9.17) is 0 Å². The number of anilines is 1. The summed E-state index contributed by atoms with van der Waals surface area (Å²) in [4.78, 5) is 0. The lowest BCUT2D eigenvalue weighted by atomic mass is 10.1. The second-order valence-corrected chi connectivity index (χ2v) is 5.31. The minimum absolute atomic E-state index is 0.182. The summed E-state index contributed by atoms with van der Waals surface area (Å²) in [5.41, 5.74) is 0.850. The molecular formula is C15H20F3NO. The van der Waals surface area contributed by atoms with Crippen LogP contribution in [0.2, 0.25) is 0 Å². The van der Waals surface area contributed by atoms with Crippen LogP contribution in [0.5, 0.6) is 5.75 Å². The average molecular weight is 287 g/mol. The van der Waals surface area contributed by atoms with Crippen molar-refractivity contribution in [3.05, 3.63) is 24.3 Å². The molecule has 0 radical (unpaired) electrons. The molecule has 0 saturated heterocycles. The van der Waals surface area contributed by atoms with Crippen LogP contribution < -0.4 is 10.1 Å². The van der Waals surface area contributed by atoms with Gasteiger partial charge in [-0.3, -0.25) is 0 Å². The minimum Gasteiger partial charge on any atom is -0.406 e. The van der Waals surface area contributed by atoms with Crippen molar-refractivity contribution in [1.29, 1.82) is 0 Å².